The maximum atomic E-state index is 11.8. The Bertz CT molecular complexity index is 269. The van der Waals surface area contributed by atoms with Crippen LogP contribution in [0, 0.1) is 16.7 Å². The van der Waals surface area contributed by atoms with Crippen molar-refractivity contribution >= 4 is 11.7 Å². The standard InChI is InChI=1S/C13H25NO2/c1-9(12(2,3)4)11(16)14-8-10(15)13(5,6)7/h9H,8H2,1-7H3,(H,14,16). The lowest BCUT2D eigenvalue weighted by molar-refractivity contribution is -0.132. The SMILES string of the molecule is CC(C(=O)NCC(=O)C(C)(C)C)C(C)(C)C. The van der Waals surface area contributed by atoms with Gasteiger partial charge in [0.15, 0.2) is 5.78 Å². The molecule has 94 valence electrons. The molecule has 3 nitrogen and oxygen atoms in total. The van der Waals surface area contributed by atoms with Crippen molar-refractivity contribution in [3.8, 4) is 0 Å². The lowest BCUT2D eigenvalue weighted by Crippen LogP contribution is -2.41. The van der Waals surface area contributed by atoms with E-state index in [1.165, 1.54) is 0 Å². The normalized spacial score (nSPS) is 14.4. The third-order valence-corrected chi connectivity index (χ3v) is 2.95. The zero-order valence-corrected chi connectivity index (χ0v) is 11.6. The molecule has 0 saturated heterocycles. The topological polar surface area (TPSA) is 46.2 Å². The van der Waals surface area contributed by atoms with E-state index in [1.807, 2.05) is 48.5 Å². The van der Waals surface area contributed by atoms with E-state index in [2.05, 4.69) is 5.32 Å². The highest BCUT2D eigenvalue weighted by atomic mass is 16.2. The van der Waals surface area contributed by atoms with Gasteiger partial charge in [0.1, 0.15) is 0 Å². The van der Waals surface area contributed by atoms with Gasteiger partial charge < -0.3 is 5.32 Å². The van der Waals surface area contributed by atoms with Crippen molar-refractivity contribution in [3.63, 3.8) is 0 Å². The molecule has 0 aromatic carbocycles. The van der Waals surface area contributed by atoms with Crippen LogP contribution in [-0.2, 0) is 9.59 Å². The summed E-state index contributed by atoms with van der Waals surface area (Å²) in [4.78, 5) is 23.4. The fraction of sp³-hybridized carbons (Fsp3) is 0.846. The predicted octanol–water partition coefficient (Wildman–Crippen LogP) is 2.40. The third-order valence-electron chi connectivity index (χ3n) is 2.95. The molecular formula is C13H25NO2. The molecule has 0 heterocycles. The molecular weight excluding hydrogens is 202 g/mol. The van der Waals surface area contributed by atoms with Gasteiger partial charge >= 0.3 is 0 Å². The Morgan fingerprint density at radius 1 is 1.06 bits per heavy atom. The van der Waals surface area contributed by atoms with Gasteiger partial charge in [0.05, 0.1) is 6.54 Å². The molecule has 0 aromatic rings. The highest BCUT2D eigenvalue weighted by Gasteiger charge is 2.28. The average Bonchev–Trinajstić information content (AvgIpc) is 2.09. The highest BCUT2D eigenvalue weighted by molar-refractivity contribution is 5.90. The molecule has 1 amide bonds. The number of carbonyl (C=O) groups excluding carboxylic acids is 2. The summed E-state index contributed by atoms with van der Waals surface area (Å²) >= 11 is 0. The van der Waals surface area contributed by atoms with Crippen molar-refractivity contribution < 1.29 is 9.59 Å². The summed E-state index contributed by atoms with van der Waals surface area (Å²) in [7, 11) is 0. The smallest absolute Gasteiger partial charge is 0.223 e. The van der Waals surface area contributed by atoms with E-state index in [1.54, 1.807) is 0 Å². The Kier molecular flexibility index (Phi) is 4.71. The van der Waals surface area contributed by atoms with Crippen LogP contribution in [0.3, 0.4) is 0 Å². The van der Waals surface area contributed by atoms with Crippen LogP contribution in [0.15, 0.2) is 0 Å². The molecule has 1 N–H and O–H groups in total. The Morgan fingerprint density at radius 2 is 1.50 bits per heavy atom. The molecule has 0 bridgehead atoms. The Morgan fingerprint density at radius 3 is 1.81 bits per heavy atom. The number of nitrogens with one attached hydrogen (secondary N) is 1. The highest BCUT2D eigenvalue weighted by Crippen LogP contribution is 2.25. The zero-order chi connectivity index (χ0) is 13.1. The molecule has 0 aliphatic heterocycles. The average molecular weight is 227 g/mol. The Balaban J connectivity index is 4.25. The second-order valence-electron chi connectivity index (χ2n) is 6.48. The van der Waals surface area contributed by atoms with Crippen LogP contribution in [0.25, 0.3) is 0 Å². The maximum absolute atomic E-state index is 11.8. The van der Waals surface area contributed by atoms with Crippen LogP contribution in [-0.4, -0.2) is 18.2 Å². The van der Waals surface area contributed by atoms with Crippen LogP contribution < -0.4 is 5.32 Å². The summed E-state index contributed by atoms with van der Waals surface area (Å²) < 4.78 is 0. The summed E-state index contributed by atoms with van der Waals surface area (Å²) in [6.07, 6.45) is 0. The van der Waals surface area contributed by atoms with Gasteiger partial charge in [0.25, 0.3) is 0 Å². The molecule has 0 fully saturated rings. The van der Waals surface area contributed by atoms with Gasteiger partial charge in [-0.05, 0) is 5.41 Å². The molecule has 1 unspecified atom stereocenters. The first-order chi connectivity index (χ1) is 6.96. The Hall–Kier alpha value is -0.860. The van der Waals surface area contributed by atoms with E-state index in [4.69, 9.17) is 0 Å². The maximum Gasteiger partial charge on any atom is 0.223 e. The van der Waals surface area contributed by atoms with Gasteiger partial charge in [0.2, 0.25) is 5.91 Å². The predicted molar refractivity (Wildman–Crippen MR) is 66.1 cm³/mol. The monoisotopic (exact) mass is 227 g/mol. The van der Waals surface area contributed by atoms with Crippen LogP contribution in [0.1, 0.15) is 48.5 Å². The second kappa shape index (κ2) is 4.98. The molecule has 0 saturated carbocycles. The minimum Gasteiger partial charge on any atom is -0.349 e. The Labute approximate surface area is 99.0 Å². The number of hydrogen-bond acceptors (Lipinski definition) is 2. The molecule has 0 radical (unpaired) electrons. The van der Waals surface area contributed by atoms with E-state index >= 15 is 0 Å². The first-order valence-electron chi connectivity index (χ1n) is 5.77. The van der Waals surface area contributed by atoms with Gasteiger partial charge in [-0.1, -0.05) is 48.5 Å². The number of hydrogen-bond donors (Lipinski definition) is 1. The van der Waals surface area contributed by atoms with Crippen molar-refractivity contribution in [1.82, 2.24) is 5.32 Å². The number of rotatable bonds is 3. The van der Waals surface area contributed by atoms with Crippen LogP contribution in [0.4, 0.5) is 0 Å². The number of carbonyl (C=O) groups is 2. The van der Waals surface area contributed by atoms with Crippen molar-refractivity contribution in [1.29, 1.82) is 0 Å². The summed E-state index contributed by atoms with van der Waals surface area (Å²) in [6.45, 7) is 13.6. The summed E-state index contributed by atoms with van der Waals surface area (Å²) in [5, 5.41) is 2.71. The molecule has 0 aromatic heterocycles. The summed E-state index contributed by atoms with van der Waals surface area (Å²) in [6, 6.07) is 0. The van der Waals surface area contributed by atoms with E-state index < -0.39 is 5.41 Å². The van der Waals surface area contributed by atoms with Crippen molar-refractivity contribution in [2.24, 2.45) is 16.7 Å². The fourth-order valence-corrected chi connectivity index (χ4v) is 0.979. The van der Waals surface area contributed by atoms with Crippen LogP contribution in [0.2, 0.25) is 0 Å². The first-order valence-corrected chi connectivity index (χ1v) is 5.77. The second-order valence-corrected chi connectivity index (χ2v) is 6.48. The van der Waals surface area contributed by atoms with E-state index in [-0.39, 0.29) is 29.6 Å². The lowest BCUT2D eigenvalue weighted by atomic mass is 9.81. The molecule has 0 aliphatic carbocycles. The fourth-order valence-electron chi connectivity index (χ4n) is 0.979. The third kappa shape index (κ3) is 4.77. The largest absolute Gasteiger partial charge is 0.349 e. The minimum absolute atomic E-state index is 0.0508. The van der Waals surface area contributed by atoms with Crippen molar-refractivity contribution in [3.05, 3.63) is 0 Å². The first kappa shape index (κ1) is 15.1. The van der Waals surface area contributed by atoms with E-state index in [0.717, 1.165) is 0 Å². The number of Topliss-reactive ketones (excluding diaryl/α,β-unsaturated/α-hetero) is 1. The molecule has 0 aliphatic rings. The number of ketones is 1. The summed E-state index contributed by atoms with van der Waals surface area (Å²) in [5.74, 6) is -0.0904. The van der Waals surface area contributed by atoms with Gasteiger partial charge in [0, 0.05) is 11.3 Å². The van der Waals surface area contributed by atoms with Gasteiger partial charge in [-0.3, -0.25) is 9.59 Å². The van der Waals surface area contributed by atoms with Gasteiger partial charge in [-0.2, -0.15) is 0 Å². The molecule has 16 heavy (non-hydrogen) atoms. The minimum atomic E-state index is -0.391. The molecule has 1 atom stereocenters. The van der Waals surface area contributed by atoms with Crippen LogP contribution >= 0.6 is 0 Å². The van der Waals surface area contributed by atoms with Crippen LogP contribution in [0.5, 0.6) is 0 Å². The number of amides is 1. The van der Waals surface area contributed by atoms with E-state index in [9.17, 15) is 9.59 Å². The van der Waals surface area contributed by atoms with Crippen molar-refractivity contribution in [2.75, 3.05) is 6.54 Å². The zero-order valence-electron chi connectivity index (χ0n) is 11.6. The molecule has 0 rings (SSSR count). The van der Waals surface area contributed by atoms with Gasteiger partial charge in [-0.15, -0.1) is 0 Å². The molecule has 3 heteroatoms. The lowest BCUT2D eigenvalue weighted by Gasteiger charge is -2.26. The molecule has 0 spiro atoms. The quantitative estimate of drug-likeness (QED) is 0.804. The van der Waals surface area contributed by atoms with Crippen molar-refractivity contribution in [2.45, 2.75) is 48.5 Å². The van der Waals surface area contributed by atoms with E-state index in [0.29, 0.717) is 0 Å². The summed E-state index contributed by atoms with van der Waals surface area (Å²) in [5.41, 5.74) is -0.465. The van der Waals surface area contributed by atoms with Gasteiger partial charge in [-0.25, -0.2) is 0 Å².